The molecule has 0 radical (unpaired) electrons. The second-order valence-electron chi connectivity index (χ2n) is 5.83. The van der Waals surface area contributed by atoms with Crippen molar-refractivity contribution in [2.75, 3.05) is 0 Å². The van der Waals surface area contributed by atoms with Crippen molar-refractivity contribution >= 4 is 29.1 Å². The van der Waals surface area contributed by atoms with E-state index in [2.05, 4.69) is 20.6 Å². The number of nitrogens with one attached hydrogen (secondary N) is 2. The molecule has 2 heterocycles. The molecule has 0 aliphatic heterocycles. The normalized spacial score (nSPS) is 12.2. The van der Waals surface area contributed by atoms with Crippen molar-refractivity contribution in [3.63, 3.8) is 0 Å². The molecule has 0 aliphatic rings. The van der Waals surface area contributed by atoms with Crippen LogP contribution in [0, 0.1) is 6.92 Å². The Morgan fingerprint density at radius 3 is 2.72 bits per heavy atom. The number of aromatic amines is 1. The van der Waals surface area contributed by atoms with E-state index in [1.807, 2.05) is 27.1 Å². The summed E-state index contributed by atoms with van der Waals surface area (Å²) in [5, 5.41) is 15.2. The third-order valence-corrected chi connectivity index (χ3v) is 4.44. The number of aromatic nitrogens is 4. The van der Waals surface area contributed by atoms with Crippen LogP contribution in [-0.4, -0.2) is 25.9 Å². The minimum atomic E-state index is -0.250. The number of aryl methyl sites for hydroxylation is 2. The number of hydrogen-bond donors (Lipinski definition) is 2. The first kappa shape index (κ1) is 17.5. The van der Waals surface area contributed by atoms with Crippen LogP contribution in [0.4, 0.5) is 0 Å². The number of halogens is 2. The van der Waals surface area contributed by atoms with Gasteiger partial charge >= 0.3 is 0 Å². The van der Waals surface area contributed by atoms with E-state index in [1.165, 1.54) is 0 Å². The average molecular weight is 378 g/mol. The van der Waals surface area contributed by atoms with Crippen molar-refractivity contribution in [2.24, 2.45) is 7.05 Å². The molecule has 0 saturated carbocycles. The summed E-state index contributed by atoms with van der Waals surface area (Å²) in [5.74, 6) is -0.250. The highest BCUT2D eigenvalue weighted by Gasteiger charge is 2.18. The van der Waals surface area contributed by atoms with E-state index in [1.54, 1.807) is 28.9 Å². The number of carbonyl (C=O) groups is 1. The second kappa shape index (κ2) is 6.90. The summed E-state index contributed by atoms with van der Waals surface area (Å²) in [6, 6.07) is 6.62. The van der Waals surface area contributed by atoms with Gasteiger partial charge in [0.05, 0.1) is 22.5 Å². The Labute approximate surface area is 155 Å². The summed E-state index contributed by atoms with van der Waals surface area (Å²) in [5.41, 5.74) is 3.49. The predicted octanol–water partition coefficient (Wildman–Crippen LogP) is 3.92. The highest BCUT2D eigenvalue weighted by Crippen LogP contribution is 2.29. The van der Waals surface area contributed by atoms with Gasteiger partial charge in [-0.3, -0.25) is 14.6 Å². The van der Waals surface area contributed by atoms with Gasteiger partial charge in [0.25, 0.3) is 5.91 Å². The maximum atomic E-state index is 12.5. The Kier molecular flexibility index (Phi) is 4.83. The molecule has 0 aliphatic carbocycles. The molecule has 1 amide bonds. The molecule has 25 heavy (non-hydrogen) atoms. The molecule has 0 saturated heterocycles. The van der Waals surface area contributed by atoms with Crippen LogP contribution in [0.15, 0.2) is 30.5 Å². The Balaban J connectivity index is 1.77. The Hall–Kier alpha value is -2.31. The first-order valence-corrected chi connectivity index (χ1v) is 8.42. The van der Waals surface area contributed by atoms with Crippen LogP contribution in [0.3, 0.4) is 0 Å². The fourth-order valence-corrected chi connectivity index (χ4v) is 3.17. The topological polar surface area (TPSA) is 75.6 Å². The minimum absolute atomic E-state index is 0.174. The molecule has 1 atom stereocenters. The lowest BCUT2D eigenvalue weighted by Gasteiger charge is -2.12. The van der Waals surface area contributed by atoms with E-state index in [0.717, 1.165) is 11.3 Å². The van der Waals surface area contributed by atoms with Gasteiger partial charge in [0.1, 0.15) is 5.69 Å². The van der Waals surface area contributed by atoms with Gasteiger partial charge in [-0.1, -0.05) is 23.2 Å². The van der Waals surface area contributed by atoms with Crippen molar-refractivity contribution in [1.29, 1.82) is 0 Å². The van der Waals surface area contributed by atoms with Gasteiger partial charge in [-0.25, -0.2) is 0 Å². The Morgan fingerprint density at radius 1 is 1.32 bits per heavy atom. The smallest absolute Gasteiger partial charge is 0.269 e. The van der Waals surface area contributed by atoms with Crippen LogP contribution in [-0.2, 0) is 7.05 Å². The first-order valence-electron chi connectivity index (χ1n) is 7.67. The second-order valence-corrected chi connectivity index (χ2v) is 6.67. The zero-order chi connectivity index (χ0) is 18.1. The number of carbonyl (C=O) groups excluding carboxylic acids is 1. The first-order chi connectivity index (χ1) is 11.8. The molecule has 0 fully saturated rings. The number of benzene rings is 1. The summed E-state index contributed by atoms with van der Waals surface area (Å²) in [7, 11) is 1.85. The monoisotopic (exact) mass is 377 g/mol. The summed E-state index contributed by atoms with van der Waals surface area (Å²) in [4.78, 5) is 12.5. The van der Waals surface area contributed by atoms with Crippen LogP contribution >= 0.6 is 23.2 Å². The Morgan fingerprint density at radius 2 is 2.08 bits per heavy atom. The number of H-pyrrole nitrogens is 1. The number of nitrogens with zero attached hydrogens (tertiary/aromatic N) is 3. The zero-order valence-corrected chi connectivity index (χ0v) is 15.5. The summed E-state index contributed by atoms with van der Waals surface area (Å²) in [6.45, 7) is 3.82. The molecule has 2 aromatic heterocycles. The van der Waals surface area contributed by atoms with Crippen molar-refractivity contribution in [2.45, 2.75) is 19.9 Å². The van der Waals surface area contributed by atoms with Crippen LogP contribution in [0.1, 0.15) is 34.7 Å². The molecule has 3 rings (SSSR count). The van der Waals surface area contributed by atoms with Crippen molar-refractivity contribution in [1.82, 2.24) is 25.3 Å². The predicted molar refractivity (Wildman–Crippen MR) is 97.9 cm³/mol. The SMILES string of the molecule is Cc1nn(C)cc1C(C)NC(=O)c1cc(-c2ccc(Cl)cc2Cl)n[nH]1. The largest absolute Gasteiger partial charge is 0.344 e. The summed E-state index contributed by atoms with van der Waals surface area (Å²) in [6.07, 6.45) is 1.89. The lowest BCUT2D eigenvalue weighted by atomic mass is 10.1. The molecular formula is C17H17Cl2N5O. The molecule has 130 valence electrons. The molecule has 3 aromatic rings. The van der Waals surface area contributed by atoms with Crippen LogP contribution in [0.25, 0.3) is 11.3 Å². The van der Waals surface area contributed by atoms with E-state index in [4.69, 9.17) is 23.2 Å². The molecule has 2 N–H and O–H groups in total. The maximum absolute atomic E-state index is 12.5. The van der Waals surface area contributed by atoms with Crippen molar-refractivity contribution in [3.05, 3.63) is 57.5 Å². The molecule has 1 unspecified atom stereocenters. The standard InChI is InChI=1S/C17H17Cl2N5O/c1-9(13-8-24(3)23-10(13)2)20-17(25)16-7-15(21-22-16)12-5-4-11(18)6-14(12)19/h4-9H,1-3H3,(H,20,25)(H,21,22). The van der Waals surface area contributed by atoms with Gasteiger partial charge in [-0.15, -0.1) is 0 Å². The fourth-order valence-electron chi connectivity index (χ4n) is 2.67. The lowest BCUT2D eigenvalue weighted by Crippen LogP contribution is -2.27. The Bertz CT molecular complexity index is 931. The summed E-state index contributed by atoms with van der Waals surface area (Å²) >= 11 is 12.1. The quantitative estimate of drug-likeness (QED) is 0.723. The molecule has 6 nitrogen and oxygen atoms in total. The van der Waals surface area contributed by atoms with Gasteiger partial charge in [0, 0.05) is 29.4 Å². The van der Waals surface area contributed by atoms with E-state index in [0.29, 0.717) is 27.0 Å². The van der Waals surface area contributed by atoms with Crippen molar-refractivity contribution in [3.8, 4) is 11.3 Å². The average Bonchev–Trinajstić information content (AvgIpc) is 3.14. The van der Waals surface area contributed by atoms with Crippen LogP contribution in [0.2, 0.25) is 10.0 Å². The van der Waals surface area contributed by atoms with Gasteiger partial charge in [0.2, 0.25) is 0 Å². The van der Waals surface area contributed by atoms with Crippen LogP contribution < -0.4 is 5.32 Å². The fraction of sp³-hybridized carbons (Fsp3) is 0.235. The molecule has 1 aromatic carbocycles. The van der Waals surface area contributed by atoms with Gasteiger partial charge < -0.3 is 5.32 Å². The van der Waals surface area contributed by atoms with E-state index < -0.39 is 0 Å². The highest BCUT2D eigenvalue weighted by molar-refractivity contribution is 6.36. The third-order valence-electron chi connectivity index (χ3n) is 3.90. The van der Waals surface area contributed by atoms with E-state index in [9.17, 15) is 4.79 Å². The zero-order valence-electron chi connectivity index (χ0n) is 14.0. The van der Waals surface area contributed by atoms with Crippen LogP contribution in [0.5, 0.6) is 0 Å². The van der Waals surface area contributed by atoms with E-state index >= 15 is 0 Å². The third kappa shape index (κ3) is 3.70. The van der Waals surface area contributed by atoms with Gasteiger partial charge in [-0.05, 0) is 38.1 Å². The minimum Gasteiger partial charge on any atom is -0.344 e. The van der Waals surface area contributed by atoms with Gasteiger partial charge in [-0.2, -0.15) is 10.2 Å². The molecule has 0 spiro atoms. The highest BCUT2D eigenvalue weighted by atomic mass is 35.5. The maximum Gasteiger partial charge on any atom is 0.269 e. The number of hydrogen-bond acceptors (Lipinski definition) is 3. The van der Waals surface area contributed by atoms with Gasteiger partial charge in [0.15, 0.2) is 0 Å². The van der Waals surface area contributed by atoms with Crippen molar-refractivity contribution < 1.29 is 4.79 Å². The molecule has 0 bridgehead atoms. The summed E-state index contributed by atoms with van der Waals surface area (Å²) < 4.78 is 1.73. The molecular weight excluding hydrogens is 361 g/mol. The number of rotatable bonds is 4. The number of amides is 1. The molecule has 8 heteroatoms. The lowest BCUT2D eigenvalue weighted by molar-refractivity contribution is 0.0934. The van der Waals surface area contributed by atoms with E-state index in [-0.39, 0.29) is 11.9 Å².